The SMILES string of the molecule is CN=C(NCCN(C)S(=O)(=O)c1cccs1)NCC1(CCOC)CCCC1.I. The molecule has 0 bridgehead atoms. The Kier molecular flexibility index (Phi) is 11.3. The van der Waals surface area contributed by atoms with Crippen molar-refractivity contribution in [2.75, 3.05) is 47.4 Å². The fourth-order valence-electron chi connectivity index (χ4n) is 3.47. The summed E-state index contributed by atoms with van der Waals surface area (Å²) in [5, 5.41) is 8.41. The molecule has 1 aliphatic carbocycles. The van der Waals surface area contributed by atoms with E-state index in [2.05, 4.69) is 15.6 Å². The van der Waals surface area contributed by atoms with Crippen LogP contribution in [0.1, 0.15) is 32.1 Å². The fourth-order valence-corrected chi connectivity index (χ4v) is 5.84. The number of aliphatic imine (C=N–C) groups is 1. The Morgan fingerprint density at radius 3 is 2.64 bits per heavy atom. The average molecular weight is 545 g/mol. The number of likely N-dealkylation sites (N-methyl/N-ethyl adjacent to an activating group) is 1. The summed E-state index contributed by atoms with van der Waals surface area (Å²) in [6, 6.07) is 3.38. The van der Waals surface area contributed by atoms with E-state index in [0.29, 0.717) is 23.3 Å². The number of halogens is 1. The molecule has 2 N–H and O–H groups in total. The zero-order chi connectivity index (χ0) is 19.8. The number of nitrogens with zero attached hydrogens (tertiary/aromatic N) is 2. The third kappa shape index (κ3) is 7.12. The molecular formula is C18H33IN4O3S2. The fraction of sp³-hybridized carbons (Fsp3) is 0.722. The molecule has 0 spiro atoms. The summed E-state index contributed by atoms with van der Waals surface area (Å²) in [5.41, 5.74) is 0.271. The lowest BCUT2D eigenvalue weighted by Crippen LogP contribution is -2.45. The molecule has 0 amide bonds. The Hall–Kier alpha value is -0.430. The van der Waals surface area contributed by atoms with Crippen LogP contribution in [0.3, 0.4) is 0 Å². The van der Waals surface area contributed by atoms with Crippen LogP contribution in [-0.2, 0) is 14.8 Å². The van der Waals surface area contributed by atoms with Gasteiger partial charge in [0.15, 0.2) is 5.96 Å². The summed E-state index contributed by atoms with van der Waals surface area (Å²) >= 11 is 1.23. The number of thiophene rings is 1. The predicted octanol–water partition coefficient (Wildman–Crippen LogP) is 2.75. The number of nitrogens with one attached hydrogen (secondary N) is 2. The van der Waals surface area contributed by atoms with Crippen molar-refractivity contribution >= 4 is 51.3 Å². The topological polar surface area (TPSA) is 83.0 Å². The van der Waals surface area contributed by atoms with Gasteiger partial charge in [-0.2, -0.15) is 4.31 Å². The van der Waals surface area contributed by atoms with Crippen LogP contribution in [-0.4, -0.2) is 66.1 Å². The second-order valence-corrected chi connectivity index (χ2v) is 10.3. The van der Waals surface area contributed by atoms with Gasteiger partial charge in [-0.1, -0.05) is 18.9 Å². The maximum absolute atomic E-state index is 12.4. The van der Waals surface area contributed by atoms with Gasteiger partial charge < -0.3 is 15.4 Å². The Morgan fingerprint density at radius 2 is 2.07 bits per heavy atom. The smallest absolute Gasteiger partial charge is 0.252 e. The van der Waals surface area contributed by atoms with Crippen molar-refractivity contribution in [1.29, 1.82) is 0 Å². The molecule has 1 aliphatic rings. The first-order valence-electron chi connectivity index (χ1n) is 9.37. The summed E-state index contributed by atoms with van der Waals surface area (Å²) in [5.74, 6) is 0.709. The molecule has 1 aromatic rings. The number of ether oxygens (including phenoxy) is 1. The van der Waals surface area contributed by atoms with Gasteiger partial charge in [-0.05, 0) is 36.1 Å². The van der Waals surface area contributed by atoms with Crippen molar-refractivity contribution in [3.8, 4) is 0 Å². The lowest BCUT2D eigenvalue weighted by atomic mass is 9.83. The predicted molar refractivity (Wildman–Crippen MR) is 126 cm³/mol. The second kappa shape index (κ2) is 12.3. The molecule has 0 aromatic carbocycles. The van der Waals surface area contributed by atoms with E-state index in [1.807, 2.05) is 0 Å². The summed E-state index contributed by atoms with van der Waals surface area (Å²) in [6.07, 6.45) is 6.01. The minimum atomic E-state index is -3.41. The van der Waals surface area contributed by atoms with Gasteiger partial charge in [-0.25, -0.2) is 8.42 Å². The normalized spacial score (nSPS) is 16.8. The van der Waals surface area contributed by atoms with Crippen LogP contribution in [0.5, 0.6) is 0 Å². The Labute approximate surface area is 190 Å². The zero-order valence-electron chi connectivity index (χ0n) is 16.9. The van der Waals surface area contributed by atoms with E-state index in [1.54, 1.807) is 38.7 Å². The van der Waals surface area contributed by atoms with E-state index >= 15 is 0 Å². The van der Waals surface area contributed by atoms with Gasteiger partial charge in [0, 0.05) is 47.4 Å². The largest absolute Gasteiger partial charge is 0.385 e. The third-order valence-corrected chi connectivity index (χ3v) is 8.46. The molecular weight excluding hydrogens is 511 g/mol. The van der Waals surface area contributed by atoms with E-state index in [4.69, 9.17) is 4.74 Å². The number of rotatable bonds is 10. The van der Waals surface area contributed by atoms with Crippen LogP contribution < -0.4 is 10.6 Å². The maximum atomic E-state index is 12.4. The number of sulfonamides is 1. The molecule has 0 atom stereocenters. The van der Waals surface area contributed by atoms with E-state index in [0.717, 1.165) is 19.6 Å². The molecule has 0 unspecified atom stereocenters. The van der Waals surface area contributed by atoms with Gasteiger partial charge in [-0.3, -0.25) is 4.99 Å². The number of hydrogen-bond donors (Lipinski definition) is 2. The quantitative estimate of drug-likeness (QED) is 0.269. The highest BCUT2D eigenvalue weighted by Gasteiger charge is 2.33. The molecule has 2 rings (SSSR count). The average Bonchev–Trinajstić information content (AvgIpc) is 3.35. The lowest BCUT2D eigenvalue weighted by Gasteiger charge is -2.30. The second-order valence-electron chi connectivity index (χ2n) is 7.06. The Bertz CT molecular complexity index is 690. The van der Waals surface area contributed by atoms with Crippen molar-refractivity contribution in [3.05, 3.63) is 17.5 Å². The van der Waals surface area contributed by atoms with Crippen LogP contribution in [0.4, 0.5) is 0 Å². The molecule has 1 saturated carbocycles. The third-order valence-electron chi connectivity index (χ3n) is 5.23. The molecule has 10 heteroatoms. The minimum absolute atomic E-state index is 0. The Morgan fingerprint density at radius 1 is 1.36 bits per heavy atom. The van der Waals surface area contributed by atoms with Crippen LogP contribution >= 0.6 is 35.3 Å². The monoisotopic (exact) mass is 544 g/mol. The van der Waals surface area contributed by atoms with Crippen LogP contribution in [0.15, 0.2) is 26.7 Å². The van der Waals surface area contributed by atoms with Gasteiger partial charge in [0.05, 0.1) is 0 Å². The summed E-state index contributed by atoms with van der Waals surface area (Å²) in [4.78, 5) is 4.27. The van der Waals surface area contributed by atoms with Gasteiger partial charge in [0.1, 0.15) is 4.21 Å². The highest BCUT2D eigenvalue weighted by molar-refractivity contribution is 14.0. The molecule has 28 heavy (non-hydrogen) atoms. The molecule has 0 aliphatic heterocycles. The van der Waals surface area contributed by atoms with Gasteiger partial charge in [-0.15, -0.1) is 35.3 Å². The van der Waals surface area contributed by atoms with Crippen molar-refractivity contribution in [2.45, 2.75) is 36.3 Å². The summed E-state index contributed by atoms with van der Waals surface area (Å²) in [6.45, 7) is 2.50. The highest BCUT2D eigenvalue weighted by atomic mass is 127. The lowest BCUT2D eigenvalue weighted by molar-refractivity contribution is 0.138. The van der Waals surface area contributed by atoms with E-state index < -0.39 is 10.0 Å². The molecule has 162 valence electrons. The first-order valence-corrected chi connectivity index (χ1v) is 11.7. The highest BCUT2D eigenvalue weighted by Crippen LogP contribution is 2.40. The molecule has 1 heterocycles. The van der Waals surface area contributed by atoms with Gasteiger partial charge in [0.25, 0.3) is 10.0 Å². The minimum Gasteiger partial charge on any atom is -0.385 e. The molecule has 0 radical (unpaired) electrons. The van der Waals surface area contributed by atoms with Crippen molar-refractivity contribution in [2.24, 2.45) is 10.4 Å². The van der Waals surface area contributed by atoms with Crippen LogP contribution in [0, 0.1) is 5.41 Å². The van der Waals surface area contributed by atoms with E-state index in [-0.39, 0.29) is 29.4 Å². The van der Waals surface area contributed by atoms with Gasteiger partial charge in [0.2, 0.25) is 0 Å². The van der Waals surface area contributed by atoms with Gasteiger partial charge >= 0.3 is 0 Å². The number of guanidine groups is 1. The standard InChI is InChI=1S/C18H32N4O3S2.HI/c1-19-17(21-15-18(10-13-25-3)8-4-5-9-18)20-11-12-22(2)27(23,24)16-7-6-14-26-16;/h6-7,14H,4-5,8-13,15H2,1-3H3,(H2,19,20,21);1H. The first kappa shape index (κ1) is 25.6. The summed E-state index contributed by atoms with van der Waals surface area (Å²) in [7, 11) is 1.68. The molecule has 7 nitrogen and oxygen atoms in total. The van der Waals surface area contributed by atoms with E-state index in [9.17, 15) is 8.42 Å². The van der Waals surface area contributed by atoms with E-state index in [1.165, 1.54) is 41.3 Å². The van der Waals surface area contributed by atoms with Crippen LogP contribution in [0.25, 0.3) is 0 Å². The molecule has 0 saturated heterocycles. The number of hydrogen-bond acceptors (Lipinski definition) is 5. The van der Waals surface area contributed by atoms with Crippen molar-refractivity contribution in [3.63, 3.8) is 0 Å². The summed E-state index contributed by atoms with van der Waals surface area (Å²) < 4.78 is 31.9. The molecule has 1 fully saturated rings. The Balaban J connectivity index is 0.00000392. The van der Waals surface area contributed by atoms with Crippen molar-refractivity contribution in [1.82, 2.24) is 14.9 Å². The first-order chi connectivity index (χ1) is 12.9. The van der Waals surface area contributed by atoms with Crippen LogP contribution in [0.2, 0.25) is 0 Å². The van der Waals surface area contributed by atoms with Crippen molar-refractivity contribution < 1.29 is 13.2 Å². The zero-order valence-corrected chi connectivity index (χ0v) is 20.9. The maximum Gasteiger partial charge on any atom is 0.252 e. The molecule has 1 aromatic heterocycles. The number of methoxy groups -OCH3 is 1.